The molecule has 0 bridgehead atoms. The molecule has 9 heteroatoms. The van der Waals surface area contributed by atoms with Crippen LogP contribution in [-0.4, -0.2) is 30.7 Å². The predicted octanol–water partition coefficient (Wildman–Crippen LogP) is 7.76. The van der Waals surface area contributed by atoms with Gasteiger partial charge in [0.15, 0.2) is 29.7 Å². The van der Waals surface area contributed by atoms with Crippen molar-refractivity contribution < 1.29 is 28.6 Å². The van der Waals surface area contributed by atoms with Crippen molar-refractivity contribution in [2.45, 2.75) is 66.2 Å². The number of hydrogen-bond donors (Lipinski definition) is 1. The SMILES string of the molecule is CCOc1cc(C2C3=C(CC(C)(C)CC3=O)OC3=C2C(=O)CC(C)(C)C3)cc(I)c1OCC(=O)Nc1ccc(Cl)cc1. The van der Waals surface area contributed by atoms with Crippen LogP contribution >= 0.6 is 34.2 Å². The van der Waals surface area contributed by atoms with Gasteiger partial charge in [0, 0.05) is 53.5 Å². The molecule has 7 nitrogen and oxygen atoms in total. The molecule has 1 heterocycles. The minimum absolute atomic E-state index is 0.00241. The Morgan fingerprint density at radius 1 is 0.952 bits per heavy atom. The smallest absolute Gasteiger partial charge is 0.262 e. The molecular weight excluding hydrogens is 669 g/mol. The molecule has 2 aromatic carbocycles. The highest BCUT2D eigenvalue weighted by Gasteiger charge is 2.48. The monoisotopic (exact) mass is 703 g/mol. The number of amides is 1. The van der Waals surface area contributed by atoms with Crippen LogP contribution in [0, 0.1) is 14.4 Å². The van der Waals surface area contributed by atoms with Crippen molar-refractivity contribution in [3.8, 4) is 11.5 Å². The van der Waals surface area contributed by atoms with Crippen LogP contribution < -0.4 is 14.8 Å². The van der Waals surface area contributed by atoms with Gasteiger partial charge in [-0.15, -0.1) is 0 Å². The number of Topliss-reactive ketones (excluding diaryl/α,β-unsaturated/α-hetero) is 2. The molecule has 222 valence electrons. The number of carbonyl (C=O) groups is 3. The normalized spacial score (nSPS) is 19.6. The zero-order chi connectivity index (χ0) is 30.4. The molecule has 1 N–H and O–H groups in total. The van der Waals surface area contributed by atoms with Crippen LogP contribution in [0.25, 0.3) is 0 Å². The zero-order valence-corrected chi connectivity index (χ0v) is 27.4. The van der Waals surface area contributed by atoms with Gasteiger partial charge in [0.25, 0.3) is 5.91 Å². The quantitative estimate of drug-likeness (QED) is 0.297. The molecule has 0 aromatic heterocycles. The van der Waals surface area contributed by atoms with Gasteiger partial charge in [-0.25, -0.2) is 0 Å². The van der Waals surface area contributed by atoms with E-state index in [1.165, 1.54) is 0 Å². The maximum absolute atomic E-state index is 13.7. The summed E-state index contributed by atoms with van der Waals surface area (Å²) in [4.78, 5) is 40.0. The van der Waals surface area contributed by atoms with Gasteiger partial charge < -0.3 is 19.5 Å². The minimum atomic E-state index is -0.550. The average molecular weight is 704 g/mol. The molecule has 0 saturated carbocycles. The first-order valence-electron chi connectivity index (χ1n) is 14.1. The van der Waals surface area contributed by atoms with Crippen LogP contribution in [0.5, 0.6) is 11.5 Å². The molecular formula is C33H35ClINO6. The van der Waals surface area contributed by atoms with Crippen LogP contribution in [0.15, 0.2) is 59.1 Å². The zero-order valence-electron chi connectivity index (χ0n) is 24.5. The second-order valence-corrected chi connectivity index (χ2v) is 14.3. The Bertz CT molecular complexity index is 1470. The lowest BCUT2D eigenvalue weighted by Crippen LogP contribution is -2.37. The van der Waals surface area contributed by atoms with E-state index in [1.807, 2.05) is 19.1 Å². The van der Waals surface area contributed by atoms with E-state index in [0.29, 0.717) is 80.7 Å². The molecule has 0 spiro atoms. The van der Waals surface area contributed by atoms with E-state index >= 15 is 0 Å². The third kappa shape index (κ3) is 6.39. The van der Waals surface area contributed by atoms with Gasteiger partial charge in [-0.3, -0.25) is 14.4 Å². The summed E-state index contributed by atoms with van der Waals surface area (Å²) in [6, 6.07) is 10.6. The van der Waals surface area contributed by atoms with Crippen molar-refractivity contribution in [2.24, 2.45) is 10.8 Å². The molecule has 0 atom stereocenters. The summed E-state index contributed by atoms with van der Waals surface area (Å²) in [5.41, 5.74) is 2.04. The third-order valence-corrected chi connectivity index (χ3v) is 8.78. The number of carbonyl (C=O) groups excluding carboxylic acids is 3. The number of nitrogens with one attached hydrogen (secondary N) is 1. The molecule has 0 fully saturated rings. The third-order valence-electron chi connectivity index (χ3n) is 7.72. The van der Waals surface area contributed by atoms with Crippen LogP contribution in [-0.2, 0) is 19.1 Å². The first kappa shape index (κ1) is 30.6. The number of anilines is 1. The molecule has 42 heavy (non-hydrogen) atoms. The summed E-state index contributed by atoms with van der Waals surface area (Å²) < 4.78 is 19.1. The highest BCUT2D eigenvalue weighted by molar-refractivity contribution is 14.1. The summed E-state index contributed by atoms with van der Waals surface area (Å²) in [6.45, 7) is 10.3. The van der Waals surface area contributed by atoms with Crippen molar-refractivity contribution in [3.05, 3.63) is 73.2 Å². The van der Waals surface area contributed by atoms with E-state index in [-0.39, 0.29) is 34.9 Å². The van der Waals surface area contributed by atoms with Crippen LogP contribution in [0.2, 0.25) is 5.02 Å². The van der Waals surface area contributed by atoms with E-state index in [2.05, 4.69) is 55.6 Å². The minimum Gasteiger partial charge on any atom is -0.490 e. The van der Waals surface area contributed by atoms with Crippen LogP contribution in [0.1, 0.15) is 71.8 Å². The van der Waals surface area contributed by atoms with E-state index in [9.17, 15) is 14.4 Å². The van der Waals surface area contributed by atoms with Gasteiger partial charge in [-0.2, -0.15) is 0 Å². The first-order valence-corrected chi connectivity index (χ1v) is 15.6. The molecule has 2 aliphatic carbocycles. The van der Waals surface area contributed by atoms with Crippen LogP contribution in [0.4, 0.5) is 5.69 Å². The van der Waals surface area contributed by atoms with Gasteiger partial charge in [-0.05, 0) is 82.3 Å². The Hall–Kier alpha value is -2.85. The molecule has 0 saturated heterocycles. The second-order valence-electron chi connectivity index (χ2n) is 12.7. The Morgan fingerprint density at radius 2 is 1.52 bits per heavy atom. The van der Waals surface area contributed by atoms with Gasteiger partial charge >= 0.3 is 0 Å². The van der Waals surface area contributed by atoms with E-state index in [4.69, 9.17) is 25.8 Å². The maximum Gasteiger partial charge on any atom is 0.262 e. The predicted molar refractivity (Wildman–Crippen MR) is 170 cm³/mol. The standard InChI is InChI=1S/C33H35ClINO6/c1-6-40-24-12-18(11-21(35)31(24)41-17-27(39)36-20-9-7-19(34)8-10-20)28-29-22(37)13-32(2,3)15-25(29)42-26-16-33(4,5)14-23(38)30(26)28/h7-12,28H,6,13-17H2,1-5H3,(H,36,39). The lowest BCUT2D eigenvalue weighted by molar-refractivity contribution is -0.120. The number of allylic oxidation sites excluding steroid dienone is 4. The fraction of sp³-hybridized carbons (Fsp3) is 0.424. The molecule has 0 radical (unpaired) electrons. The summed E-state index contributed by atoms with van der Waals surface area (Å²) in [7, 11) is 0. The van der Waals surface area contributed by atoms with Crippen LogP contribution in [0.3, 0.4) is 0 Å². The fourth-order valence-electron chi connectivity index (χ4n) is 6.03. The number of hydrogen-bond acceptors (Lipinski definition) is 6. The number of benzene rings is 2. The van der Waals surface area contributed by atoms with Crippen molar-refractivity contribution >= 4 is 57.4 Å². The van der Waals surface area contributed by atoms with E-state index in [1.54, 1.807) is 24.3 Å². The average Bonchev–Trinajstić information content (AvgIpc) is 2.87. The number of rotatable bonds is 7. The van der Waals surface area contributed by atoms with Crippen molar-refractivity contribution in [3.63, 3.8) is 0 Å². The molecule has 1 aliphatic heterocycles. The fourth-order valence-corrected chi connectivity index (χ4v) is 6.94. The largest absolute Gasteiger partial charge is 0.490 e. The molecule has 1 amide bonds. The van der Waals surface area contributed by atoms with E-state index < -0.39 is 5.92 Å². The Kier molecular flexibility index (Phi) is 8.51. The lowest BCUT2D eigenvalue weighted by atomic mass is 9.65. The van der Waals surface area contributed by atoms with Gasteiger partial charge in [-0.1, -0.05) is 39.3 Å². The summed E-state index contributed by atoms with van der Waals surface area (Å²) in [6.07, 6.45) is 2.01. The van der Waals surface area contributed by atoms with Crippen molar-refractivity contribution in [2.75, 3.05) is 18.5 Å². The van der Waals surface area contributed by atoms with Crippen molar-refractivity contribution in [1.82, 2.24) is 0 Å². The highest BCUT2D eigenvalue weighted by atomic mass is 127. The second kappa shape index (κ2) is 11.7. The topological polar surface area (TPSA) is 90.9 Å². The summed E-state index contributed by atoms with van der Waals surface area (Å²) >= 11 is 8.09. The Morgan fingerprint density at radius 3 is 2.07 bits per heavy atom. The van der Waals surface area contributed by atoms with Crippen molar-refractivity contribution in [1.29, 1.82) is 0 Å². The number of ketones is 2. The Labute approximate surface area is 265 Å². The summed E-state index contributed by atoms with van der Waals surface area (Å²) in [5, 5.41) is 3.37. The van der Waals surface area contributed by atoms with Gasteiger partial charge in [0.05, 0.1) is 10.2 Å². The highest BCUT2D eigenvalue weighted by Crippen LogP contribution is 2.54. The molecule has 0 unspecified atom stereocenters. The summed E-state index contributed by atoms with van der Waals surface area (Å²) in [5.74, 6) is 1.32. The number of ether oxygens (including phenoxy) is 3. The van der Waals surface area contributed by atoms with Gasteiger partial charge in [0.1, 0.15) is 11.5 Å². The first-order chi connectivity index (χ1) is 19.8. The number of halogens is 2. The van der Waals surface area contributed by atoms with E-state index in [0.717, 1.165) is 5.56 Å². The Balaban J connectivity index is 1.52. The maximum atomic E-state index is 13.7. The molecule has 2 aromatic rings. The molecule has 5 rings (SSSR count). The molecule has 3 aliphatic rings. The van der Waals surface area contributed by atoms with Gasteiger partial charge in [0.2, 0.25) is 0 Å². The lowest BCUT2D eigenvalue weighted by Gasteiger charge is -2.42.